The molecule has 3 heteroatoms. The molecular formula is C29H38O3. The quantitative estimate of drug-likeness (QED) is 0.198. The lowest BCUT2D eigenvalue weighted by atomic mass is 9.65. The average Bonchev–Trinajstić information content (AvgIpc) is 3.18. The van der Waals surface area contributed by atoms with Crippen LogP contribution in [0.4, 0.5) is 0 Å². The van der Waals surface area contributed by atoms with Crippen LogP contribution in [0.3, 0.4) is 0 Å². The molecule has 0 saturated carbocycles. The first-order valence-corrected chi connectivity index (χ1v) is 12.3. The molecule has 1 saturated heterocycles. The molecule has 4 atom stereocenters. The summed E-state index contributed by atoms with van der Waals surface area (Å²) in [6.45, 7) is 6.72. The van der Waals surface area contributed by atoms with Crippen molar-refractivity contribution in [2.75, 3.05) is 0 Å². The van der Waals surface area contributed by atoms with Crippen LogP contribution in [0.15, 0.2) is 60.7 Å². The largest absolute Gasteiger partial charge is 0.393 e. The fraction of sp³-hybridized carbons (Fsp3) is 0.517. The average molecular weight is 435 g/mol. The van der Waals surface area contributed by atoms with Crippen molar-refractivity contribution in [3.63, 3.8) is 0 Å². The summed E-state index contributed by atoms with van der Waals surface area (Å²) in [4.78, 5) is 24.5. The summed E-state index contributed by atoms with van der Waals surface area (Å²) in [7, 11) is 0. The van der Waals surface area contributed by atoms with E-state index in [1.165, 1.54) is 11.1 Å². The minimum absolute atomic E-state index is 0.164. The zero-order valence-corrected chi connectivity index (χ0v) is 19.9. The Morgan fingerprint density at radius 1 is 0.844 bits per heavy atom. The Hall–Kier alpha value is -2.42. The predicted molar refractivity (Wildman–Crippen MR) is 129 cm³/mol. The van der Waals surface area contributed by atoms with E-state index >= 15 is 0 Å². The topological polar surface area (TPSA) is 43.4 Å². The first-order chi connectivity index (χ1) is 15.4. The van der Waals surface area contributed by atoms with E-state index in [2.05, 4.69) is 75.4 Å². The van der Waals surface area contributed by atoms with Crippen molar-refractivity contribution in [3.8, 4) is 0 Å². The molecule has 1 fully saturated rings. The van der Waals surface area contributed by atoms with Gasteiger partial charge in [0.2, 0.25) is 0 Å². The second kappa shape index (κ2) is 11.4. The highest BCUT2D eigenvalue weighted by Gasteiger charge is 2.47. The fourth-order valence-corrected chi connectivity index (χ4v) is 5.34. The van der Waals surface area contributed by atoms with Crippen molar-refractivity contribution < 1.29 is 14.3 Å². The monoisotopic (exact) mass is 434 g/mol. The minimum atomic E-state index is -0.355. The first kappa shape index (κ1) is 24.2. The van der Waals surface area contributed by atoms with E-state index in [0.29, 0.717) is 11.8 Å². The molecule has 4 unspecified atom stereocenters. The Balaban J connectivity index is 1.64. The van der Waals surface area contributed by atoms with E-state index in [-0.39, 0.29) is 29.7 Å². The van der Waals surface area contributed by atoms with Gasteiger partial charge in [-0.15, -0.1) is 0 Å². The van der Waals surface area contributed by atoms with Crippen LogP contribution in [-0.4, -0.2) is 11.9 Å². The lowest BCUT2D eigenvalue weighted by Crippen LogP contribution is -2.34. The summed E-state index contributed by atoms with van der Waals surface area (Å²) >= 11 is 0. The van der Waals surface area contributed by atoms with E-state index in [1.807, 2.05) is 6.07 Å². The van der Waals surface area contributed by atoms with Crippen LogP contribution in [0, 0.1) is 11.3 Å². The van der Waals surface area contributed by atoms with Crippen LogP contribution < -0.4 is 0 Å². The van der Waals surface area contributed by atoms with E-state index < -0.39 is 0 Å². The van der Waals surface area contributed by atoms with Crippen molar-refractivity contribution in [1.29, 1.82) is 0 Å². The summed E-state index contributed by atoms with van der Waals surface area (Å²) in [5.74, 6) is -0.000253. The fourth-order valence-electron chi connectivity index (χ4n) is 5.34. The van der Waals surface area contributed by atoms with Gasteiger partial charge in [-0.2, -0.15) is 0 Å². The number of ether oxygens (including phenoxy) is 1. The zero-order chi connectivity index (χ0) is 23.0. The van der Waals surface area contributed by atoms with Gasteiger partial charge >= 0.3 is 11.9 Å². The molecule has 172 valence electrons. The highest BCUT2D eigenvalue weighted by atomic mass is 16.6. The summed E-state index contributed by atoms with van der Waals surface area (Å²) in [6.07, 6.45) is 7.40. The van der Waals surface area contributed by atoms with Gasteiger partial charge in [0.15, 0.2) is 0 Å². The molecule has 0 N–H and O–H groups in total. The number of carbonyl (C=O) groups is 2. The molecule has 32 heavy (non-hydrogen) atoms. The zero-order valence-electron chi connectivity index (χ0n) is 19.9. The van der Waals surface area contributed by atoms with Gasteiger partial charge in [0, 0.05) is 0 Å². The number of hydrogen-bond acceptors (Lipinski definition) is 3. The number of carbonyl (C=O) groups excluding carboxylic acids is 2. The molecule has 0 amide bonds. The summed E-state index contributed by atoms with van der Waals surface area (Å²) in [6, 6.07) is 21.2. The van der Waals surface area contributed by atoms with Crippen molar-refractivity contribution in [1.82, 2.24) is 0 Å². The Morgan fingerprint density at radius 3 is 1.91 bits per heavy atom. The lowest BCUT2D eigenvalue weighted by Gasteiger charge is -2.37. The number of hydrogen-bond donors (Lipinski definition) is 0. The first-order valence-electron chi connectivity index (χ1n) is 12.3. The van der Waals surface area contributed by atoms with Crippen molar-refractivity contribution >= 4 is 11.9 Å². The third kappa shape index (κ3) is 6.09. The highest BCUT2D eigenvalue weighted by Crippen LogP contribution is 2.47. The number of benzene rings is 2. The van der Waals surface area contributed by atoms with Crippen LogP contribution in [0.1, 0.15) is 95.1 Å². The number of esters is 2. The van der Waals surface area contributed by atoms with Crippen LogP contribution in [0.5, 0.6) is 0 Å². The third-order valence-electron chi connectivity index (χ3n) is 7.69. The maximum atomic E-state index is 12.6. The third-order valence-corrected chi connectivity index (χ3v) is 7.69. The van der Waals surface area contributed by atoms with Gasteiger partial charge < -0.3 is 4.74 Å². The van der Waals surface area contributed by atoms with E-state index in [9.17, 15) is 9.59 Å². The smallest absolute Gasteiger partial charge is 0.317 e. The molecule has 0 aromatic heterocycles. The number of rotatable bonds is 12. The molecule has 1 aliphatic heterocycles. The predicted octanol–water partition coefficient (Wildman–Crippen LogP) is 7.42. The van der Waals surface area contributed by atoms with E-state index in [0.717, 1.165) is 44.9 Å². The van der Waals surface area contributed by atoms with Gasteiger partial charge in [-0.25, -0.2) is 0 Å². The van der Waals surface area contributed by atoms with Gasteiger partial charge in [-0.05, 0) is 60.5 Å². The number of unbranched alkanes of at least 4 members (excludes halogenated alkanes) is 1. The Kier molecular flexibility index (Phi) is 8.67. The van der Waals surface area contributed by atoms with Gasteiger partial charge in [-0.1, -0.05) is 94.3 Å². The highest BCUT2D eigenvalue weighted by molar-refractivity contribution is 5.95. The Labute approximate surface area is 193 Å². The van der Waals surface area contributed by atoms with Crippen molar-refractivity contribution in [3.05, 3.63) is 71.8 Å². The molecule has 0 spiro atoms. The lowest BCUT2D eigenvalue weighted by molar-refractivity contribution is -0.154. The van der Waals surface area contributed by atoms with Gasteiger partial charge in [0.05, 0.1) is 12.3 Å². The molecule has 0 aliphatic carbocycles. The summed E-state index contributed by atoms with van der Waals surface area (Å²) in [5.41, 5.74) is 2.55. The number of cyclic esters (lactones) is 2. The molecule has 2 aromatic rings. The van der Waals surface area contributed by atoms with Crippen LogP contribution in [0.25, 0.3) is 0 Å². The normalized spacial score (nSPS) is 19.9. The molecule has 3 nitrogen and oxygen atoms in total. The standard InChI is InChI=1S/C29H38O3/c1-4-29(26-21-27(30)32-28(26)31,20-18-23(3)25-16-9-6-10-17-25)19-12-11-13-22(2)24-14-7-5-8-15-24/h5-10,14-17,22-23,26H,4,11-13,18-21H2,1-3H3. The molecule has 1 heterocycles. The maximum absolute atomic E-state index is 12.6. The van der Waals surface area contributed by atoms with Crippen LogP contribution in [0.2, 0.25) is 0 Å². The second-order valence-corrected chi connectivity index (χ2v) is 9.67. The SMILES string of the molecule is CCC(CCCCC(C)c1ccccc1)(CCC(C)c1ccccc1)C1CC(=O)OC1=O. The van der Waals surface area contributed by atoms with Gasteiger partial charge in [0.1, 0.15) is 0 Å². The molecule has 1 aliphatic rings. The van der Waals surface area contributed by atoms with Gasteiger partial charge in [0.25, 0.3) is 0 Å². The molecular weight excluding hydrogens is 396 g/mol. The maximum Gasteiger partial charge on any atom is 0.317 e. The summed E-state index contributed by atoms with van der Waals surface area (Å²) < 4.78 is 5.00. The minimum Gasteiger partial charge on any atom is -0.393 e. The molecule has 0 radical (unpaired) electrons. The van der Waals surface area contributed by atoms with E-state index in [4.69, 9.17) is 4.74 Å². The van der Waals surface area contributed by atoms with Gasteiger partial charge in [-0.3, -0.25) is 9.59 Å². The van der Waals surface area contributed by atoms with Crippen molar-refractivity contribution in [2.45, 2.75) is 84.0 Å². The molecule has 3 rings (SSSR count). The van der Waals surface area contributed by atoms with Crippen LogP contribution in [-0.2, 0) is 14.3 Å². The van der Waals surface area contributed by atoms with Crippen molar-refractivity contribution in [2.24, 2.45) is 11.3 Å². The summed E-state index contributed by atoms with van der Waals surface area (Å²) in [5, 5.41) is 0. The Bertz CT molecular complexity index is 860. The van der Waals surface area contributed by atoms with E-state index in [1.54, 1.807) is 0 Å². The second-order valence-electron chi connectivity index (χ2n) is 9.67. The molecule has 0 bridgehead atoms. The van der Waals surface area contributed by atoms with Crippen LogP contribution >= 0.6 is 0 Å². The Morgan fingerprint density at radius 2 is 1.41 bits per heavy atom. The molecule has 2 aromatic carbocycles.